The Bertz CT molecular complexity index is 164. The molecular formula is C14H30NOS+. The smallest absolute Gasteiger partial charge is 0.274 e. The second-order valence-corrected chi connectivity index (χ2v) is 5.76. The molecule has 3 heteroatoms. The molecule has 0 aromatic carbocycles. The standard InChI is InChI=1S/C14H30NOS/c1-2-3-4-5-6-7-8-9-10-11-12-13-14(15)17-16/h14H,2-13,15H2,1H3/q+1. The van der Waals surface area contributed by atoms with Gasteiger partial charge in [-0.15, -0.1) is 0 Å². The van der Waals surface area contributed by atoms with Crippen LogP contribution in [0.3, 0.4) is 0 Å². The predicted molar refractivity (Wildman–Crippen MR) is 77.1 cm³/mol. The average Bonchev–Trinajstić information content (AvgIpc) is 2.35. The lowest BCUT2D eigenvalue weighted by Crippen LogP contribution is -2.17. The molecule has 17 heavy (non-hydrogen) atoms. The molecule has 0 heterocycles. The molecule has 0 aromatic rings. The van der Waals surface area contributed by atoms with E-state index >= 15 is 0 Å². The van der Waals surface area contributed by atoms with Crippen molar-refractivity contribution in [2.24, 2.45) is 5.73 Å². The van der Waals surface area contributed by atoms with Crippen LogP contribution in [-0.4, -0.2) is 5.37 Å². The van der Waals surface area contributed by atoms with Gasteiger partial charge in [0.1, 0.15) is 0 Å². The van der Waals surface area contributed by atoms with Gasteiger partial charge in [0.15, 0.2) is 0 Å². The van der Waals surface area contributed by atoms with Gasteiger partial charge in [-0.25, -0.2) is 0 Å². The van der Waals surface area contributed by atoms with Crippen LogP contribution in [0.5, 0.6) is 0 Å². The van der Waals surface area contributed by atoms with Crippen LogP contribution in [0.4, 0.5) is 0 Å². The Labute approximate surface area is 111 Å². The monoisotopic (exact) mass is 260 g/mol. The van der Waals surface area contributed by atoms with Crippen LogP contribution in [0.25, 0.3) is 0 Å². The van der Waals surface area contributed by atoms with Gasteiger partial charge in [0, 0.05) is 10.6 Å². The van der Waals surface area contributed by atoms with Crippen molar-refractivity contribution in [2.75, 3.05) is 0 Å². The summed E-state index contributed by atoms with van der Waals surface area (Å²) in [7, 11) is 0. The zero-order chi connectivity index (χ0) is 12.8. The van der Waals surface area contributed by atoms with Gasteiger partial charge in [0.25, 0.3) is 5.37 Å². The molecule has 1 atom stereocenters. The Morgan fingerprint density at radius 2 is 1.24 bits per heavy atom. The van der Waals surface area contributed by atoms with Crippen molar-refractivity contribution in [3.8, 4) is 0 Å². The fraction of sp³-hybridized carbons (Fsp3) is 1.00. The molecule has 0 aliphatic rings. The third-order valence-electron chi connectivity index (χ3n) is 3.22. The molecule has 0 aromatic heterocycles. The van der Waals surface area contributed by atoms with E-state index in [1.807, 2.05) is 0 Å². The average molecular weight is 260 g/mol. The summed E-state index contributed by atoms with van der Waals surface area (Å²) < 4.78 is 10.3. The van der Waals surface area contributed by atoms with Crippen LogP contribution in [0.15, 0.2) is 0 Å². The highest BCUT2D eigenvalue weighted by molar-refractivity contribution is 7.66. The SMILES string of the molecule is CCCCCCCCCCCCCC(N)[S+]=O. The molecular weight excluding hydrogens is 230 g/mol. The van der Waals surface area contributed by atoms with Crippen LogP contribution in [0, 0.1) is 0 Å². The van der Waals surface area contributed by atoms with E-state index in [0.29, 0.717) is 11.7 Å². The lowest BCUT2D eigenvalue weighted by Gasteiger charge is -2.01. The topological polar surface area (TPSA) is 43.1 Å². The van der Waals surface area contributed by atoms with Gasteiger partial charge in [-0.3, -0.25) is 5.73 Å². The third kappa shape index (κ3) is 13.9. The zero-order valence-corrected chi connectivity index (χ0v) is 12.3. The molecule has 1 unspecified atom stereocenters. The largest absolute Gasteiger partial charge is 0.478 e. The zero-order valence-electron chi connectivity index (χ0n) is 11.5. The summed E-state index contributed by atoms with van der Waals surface area (Å²) in [5.41, 5.74) is 5.54. The van der Waals surface area contributed by atoms with Crippen molar-refractivity contribution >= 4 is 11.7 Å². The summed E-state index contributed by atoms with van der Waals surface area (Å²) in [4.78, 5) is 0. The normalized spacial score (nSPS) is 12.6. The molecule has 0 bridgehead atoms. The minimum atomic E-state index is -0.187. The highest BCUT2D eigenvalue weighted by Gasteiger charge is 2.12. The van der Waals surface area contributed by atoms with Crippen molar-refractivity contribution in [1.29, 1.82) is 0 Å². The van der Waals surface area contributed by atoms with Gasteiger partial charge in [-0.2, -0.15) is 0 Å². The quantitative estimate of drug-likeness (QED) is 0.303. The van der Waals surface area contributed by atoms with Crippen molar-refractivity contribution < 1.29 is 4.21 Å². The van der Waals surface area contributed by atoms with E-state index in [2.05, 4.69) is 6.92 Å². The maximum absolute atomic E-state index is 10.3. The van der Waals surface area contributed by atoms with Crippen LogP contribution < -0.4 is 5.73 Å². The number of hydrogen-bond acceptors (Lipinski definition) is 2. The molecule has 102 valence electrons. The van der Waals surface area contributed by atoms with Gasteiger partial charge < -0.3 is 0 Å². The number of unbranched alkanes of at least 4 members (excludes halogenated alkanes) is 10. The Morgan fingerprint density at radius 3 is 1.65 bits per heavy atom. The Morgan fingerprint density at radius 1 is 0.824 bits per heavy atom. The van der Waals surface area contributed by atoms with E-state index in [1.54, 1.807) is 0 Å². The summed E-state index contributed by atoms with van der Waals surface area (Å²) in [5, 5.41) is -0.187. The van der Waals surface area contributed by atoms with E-state index in [-0.39, 0.29) is 5.37 Å². The van der Waals surface area contributed by atoms with E-state index in [1.165, 1.54) is 64.2 Å². The van der Waals surface area contributed by atoms with Gasteiger partial charge in [0.05, 0.1) is 0 Å². The van der Waals surface area contributed by atoms with Crippen molar-refractivity contribution in [3.63, 3.8) is 0 Å². The first-order valence-corrected chi connectivity index (χ1v) is 8.16. The molecule has 0 amide bonds. The molecule has 0 radical (unpaired) electrons. The van der Waals surface area contributed by atoms with E-state index in [4.69, 9.17) is 5.73 Å². The van der Waals surface area contributed by atoms with Gasteiger partial charge in [-0.1, -0.05) is 71.1 Å². The maximum Gasteiger partial charge on any atom is 0.478 e. The summed E-state index contributed by atoms with van der Waals surface area (Å²) >= 11 is 0.534. The van der Waals surface area contributed by atoms with Crippen molar-refractivity contribution in [2.45, 2.75) is 89.3 Å². The summed E-state index contributed by atoms with van der Waals surface area (Å²) in [5.74, 6) is 0. The molecule has 0 saturated carbocycles. The van der Waals surface area contributed by atoms with Crippen LogP contribution in [-0.2, 0) is 15.9 Å². The molecule has 0 rings (SSSR count). The Hall–Kier alpha value is -0.0200. The molecule has 0 saturated heterocycles. The van der Waals surface area contributed by atoms with E-state index in [9.17, 15) is 4.21 Å². The first-order valence-electron chi connectivity index (χ1n) is 7.35. The van der Waals surface area contributed by atoms with Crippen molar-refractivity contribution in [1.82, 2.24) is 0 Å². The van der Waals surface area contributed by atoms with Crippen LogP contribution >= 0.6 is 0 Å². The minimum absolute atomic E-state index is 0.187. The lowest BCUT2D eigenvalue weighted by atomic mass is 10.1. The fourth-order valence-electron chi connectivity index (χ4n) is 2.06. The van der Waals surface area contributed by atoms with Gasteiger partial charge in [-0.05, 0) is 6.42 Å². The summed E-state index contributed by atoms with van der Waals surface area (Å²) in [6.45, 7) is 2.26. The third-order valence-corrected chi connectivity index (χ3v) is 3.70. The number of rotatable bonds is 13. The molecule has 0 spiro atoms. The van der Waals surface area contributed by atoms with E-state index in [0.717, 1.165) is 12.8 Å². The molecule has 0 aliphatic carbocycles. The second-order valence-electron chi connectivity index (χ2n) is 4.96. The molecule has 0 aliphatic heterocycles. The molecule has 2 nitrogen and oxygen atoms in total. The Kier molecular flexibility index (Phi) is 14.0. The fourth-order valence-corrected chi connectivity index (χ4v) is 2.32. The van der Waals surface area contributed by atoms with Gasteiger partial charge in [0.2, 0.25) is 0 Å². The van der Waals surface area contributed by atoms with Crippen LogP contribution in [0.1, 0.15) is 84.0 Å². The predicted octanol–water partition coefficient (Wildman–Crippen LogP) is 4.40. The lowest BCUT2D eigenvalue weighted by molar-refractivity contribution is 0.539. The summed E-state index contributed by atoms with van der Waals surface area (Å²) in [6, 6.07) is 0. The minimum Gasteiger partial charge on any atom is -0.274 e. The molecule has 0 fully saturated rings. The second kappa shape index (κ2) is 14.0. The van der Waals surface area contributed by atoms with Crippen molar-refractivity contribution in [3.05, 3.63) is 0 Å². The van der Waals surface area contributed by atoms with E-state index < -0.39 is 0 Å². The Balaban J connectivity index is 2.96. The maximum atomic E-state index is 10.3. The first kappa shape index (κ1) is 17.0. The van der Waals surface area contributed by atoms with Gasteiger partial charge >= 0.3 is 11.7 Å². The first-order chi connectivity index (χ1) is 8.31. The highest BCUT2D eigenvalue weighted by atomic mass is 32.1. The van der Waals surface area contributed by atoms with Crippen LogP contribution in [0.2, 0.25) is 0 Å². The summed E-state index contributed by atoms with van der Waals surface area (Å²) in [6.07, 6.45) is 15.7. The highest BCUT2D eigenvalue weighted by Crippen LogP contribution is 2.12. The number of hydrogen-bond donors (Lipinski definition) is 1. The molecule has 2 N–H and O–H groups in total. The number of nitrogens with two attached hydrogens (primary N) is 1.